The van der Waals surface area contributed by atoms with Crippen molar-refractivity contribution in [3.05, 3.63) is 28.2 Å². The zero-order valence-electron chi connectivity index (χ0n) is 11.3. The molecule has 0 aliphatic heterocycles. The van der Waals surface area contributed by atoms with E-state index in [1.165, 1.54) is 0 Å². The van der Waals surface area contributed by atoms with Crippen LogP contribution in [0.5, 0.6) is 0 Å². The maximum absolute atomic E-state index is 14.0. The lowest BCUT2D eigenvalue weighted by atomic mass is 10.2. The zero-order valence-corrected chi connectivity index (χ0v) is 13.7. The Balaban J connectivity index is 2.30. The maximum atomic E-state index is 14.0. The van der Waals surface area contributed by atoms with Crippen LogP contribution in [0.1, 0.15) is 0 Å². The van der Waals surface area contributed by atoms with Crippen LogP contribution in [0.3, 0.4) is 0 Å². The van der Waals surface area contributed by atoms with E-state index in [0.717, 1.165) is 22.9 Å². The third-order valence-electron chi connectivity index (χ3n) is 2.81. The summed E-state index contributed by atoms with van der Waals surface area (Å²) in [6.45, 7) is 0. The van der Waals surface area contributed by atoms with Crippen LogP contribution >= 0.6 is 15.9 Å². The number of fused-ring (bicyclic) bond motifs is 1. The fraction of sp³-hybridized carbons (Fsp3) is 0.0909. The van der Waals surface area contributed by atoms with E-state index in [1.54, 1.807) is 0 Å². The van der Waals surface area contributed by atoms with Crippen molar-refractivity contribution in [3.63, 3.8) is 0 Å². The number of hydrogen-bond donors (Lipinski definition) is 1. The molecule has 0 amide bonds. The molecule has 23 heavy (non-hydrogen) atoms. The number of nitrogens with two attached hydrogens (primary N) is 1. The molecule has 0 fully saturated rings. The van der Waals surface area contributed by atoms with E-state index in [1.807, 2.05) is 0 Å². The molecule has 0 bridgehead atoms. The molecule has 0 saturated carbocycles. The molecule has 3 rings (SSSR count). The zero-order chi connectivity index (χ0) is 16.9. The first-order valence-electron chi connectivity index (χ1n) is 5.92. The monoisotopic (exact) mass is 404 g/mol. The summed E-state index contributed by atoms with van der Waals surface area (Å²) in [4.78, 5) is 11.2. The van der Waals surface area contributed by atoms with Gasteiger partial charge >= 0.3 is 0 Å². The smallest absolute Gasteiger partial charge is 0.258 e. The van der Waals surface area contributed by atoms with Crippen LogP contribution in [0.2, 0.25) is 0 Å². The van der Waals surface area contributed by atoms with E-state index in [2.05, 4.69) is 36.0 Å². The van der Waals surface area contributed by atoms with Crippen LogP contribution in [0.4, 0.5) is 14.7 Å². The lowest BCUT2D eigenvalue weighted by molar-refractivity contribution is 0.592. The molecule has 0 spiro atoms. The summed E-state index contributed by atoms with van der Waals surface area (Å²) < 4.78 is 51.3. The van der Waals surface area contributed by atoms with Crippen molar-refractivity contribution in [2.24, 2.45) is 0 Å². The summed E-state index contributed by atoms with van der Waals surface area (Å²) in [5.41, 5.74) is 5.38. The molecule has 2 N–H and O–H groups in total. The van der Waals surface area contributed by atoms with E-state index in [4.69, 9.17) is 5.73 Å². The Morgan fingerprint density at radius 1 is 1.17 bits per heavy atom. The van der Waals surface area contributed by atoms with Gasteiger partial charge in [0.1, 0.15) is 11.6 Å². The second-order valence-electron chi connectivity index (χ2n) is 4.50. The van der Waals surface area contributed by atoms with Crippen LogP contribution < -0.4 is 5.73 Å². The molecular weight excluding hydrogens is 398 g/mol. The van der Waals surface area contributed by atoms with Crippen molar-refractivity contribution in [1.29, 1.82) is 0 Å². The third kappa shape index (κ3) is 2.63. The number of hydrogen-bond acceptors (Lipinski definition) is 7. The molecule has 1 aromatic carbocycles. The molecule has 8 nitrogen and oxygen atoms in total. The number of anilines is 1. The number of sulfone groups is 1. The normalized spacial score (nSPS) is 12.0. The molecule has 0 aliphatic rings. The van der Waals surface area contributed by atoms with Crippen molar-refractivity contribution in [3.8, 4) is 11.4 Å². The van der Waals surface area contributed by atoms with Crippen LogP contribution in [-0.4, -0.2) is 39.2 Å². The number of nitrogen functional groups attached to an aromatic ring is 1. The first-order chi connectivity index (χ1) is 10.7. The van der Waals surface area contributed by atoms with Gasteiger partial charge in [-0.2, -0.15) is 19.5 Å². The Hall–Kier alpha value is -2.21. The maximum Gasteiger partial charge on any atom is 0.258 e. The van der Waals surface area contributed by atoms with Gasteiger partial charge in [0.2, 0.25) is 15.8 Å². The van der Waals surface area contributed by atoms with Gasteiger partial charge in [0, 0.05) is 6.26 Å². The predicted molar refractivity (Wildman–Crippen MR) is 79.2 cm³/mol. The Morgan fingerprint density at radius 3 is 2.48 bits per heavy atom. The Kier molecular flexibility index (Phi) is 3.52. The highest BCUT2D eigenvalue weighted by Crippen LogP contribution is 2.31. The minimum Gasteiger partial charge on any atom is -0.368 e. The number of rotatable bonds is 2. The Bertz CT molecular complexity index is 1050. The van der Waals surface area contributed by atoms with E-state index in [-0.39, 0.29) is 27.6 Å². The van der Waals surface area contributed by atoms with Crippen LogP contribution in [0.25, 0.3) is 17.2 Å². The lowest BCUT2D eigenvalue weighted by Gasteiger charge is -2.02. The van der Waals surface area contributed by atoms with Gasteiger partial charge in [-0.25, -0.2) is 17.2 Å². The van der Waals surface area contributed by atoms with Crippen molar-refractivity contribution < 1.29 is 17.2 Å². The van der Waals surface area contributed by atoms with Crippen molar-refractivity contribution >= 4 is 37.5 Å². The molecule has 0 aliphatic carbocycles. The highest BCUT2D eigenvalue weighted by molar-refractivity contribution is 9.10. The minimum atomic E-state index is -3.72. The molecule has 2 aromatic heterocycles. The number of aromatic nitrogens is 5. The molecule has 0 radical (unpaired) electrons. The highest BCUT2D eigenvalue weighted by Gasteiger charge is 2.21. The molecule has 0 saturated heterocycles. The van der Waals surface area contributed by atoms with Crippen LogP contribution in [0.15, 0.2) is 21.8 Å². The standard InChI is InChI=1S/C11H7BrF2N6O2S/c1-23(21,22)11-17-9(15)20-10(18-11)16-8(19-20)6-4(13)2-3-5(14)7(6)12/h2-3H,1H3,(H2,15,16,17,18,19). The summed E-state index contributed by atoms with van der Waals surface area (Å²) in [7, 11) is -3.72. The van der Waals surface area contributed by atoms with Gasteiger partial charge in [0.25, 0.3) is 10.9 Å². The lowest BCUT2D eigenvalue weighted by Crippen LogP contribution is -2.11. The van der Waals surface area contributed by atoms with Gasteiger partial charge in [0.05, 0.1) is 10.0 Å². The quantitative estimate of drug-likeness (QED) is 0.637. The van der Waals surface area contributed by atoms with E-state index in [0.29, 0.717) is 0 Å². The van der Waals surface area contributed by atoms with Crippen molar-refractivity contribution in [2.75, 3.05) is 12.0 Å². The number of halogens is 3. The Labute approximate surface area is 136 Å². The average molecular weight is 405 g/mol. The molecule has 2 heterocycles. The van der Waals surface area contributed by atoms with Gasteiger partial charge in [-0.3, -0.25) is 0 Å². The molecular formula is C11H7BrF2N6O2S. The second kappa shape index (κ2) is 5.16. The first-order valence-corrected chi connectivity index (χ1v) is 8.61. The summed E-state index contributed by atoms with van der Waals surface area (Å²) in [6, 6.07) is 1.85. The first kappa shape index (κ1) is 15.7. The average Bonchev–Trinajstić information content (AvgIpc) is 2.86. The summed E-state index contributed by atoms with van der Waals surface area (Å²) in [6.07, 6.45) is 0.901. The molecule has 12 heteroatoms. The summed E-state index contributed by atoms with van der Waals surface area (Å²) in [5.74, 6) is -2.22. The number of nitrogens with zero attached hydrogens (tertiary/aromatic N) is 5. The summed E-state index contributed by atoms with van der Waals surface area (Å²) >= 11 is 2.92. The van der Waals surface area contributed by atoms with Gasteiger partial charge in [-0.15, -0.1) is 5.10 Å². The predicted octanol–water partition coefficient (Wildman–Crippen LogP) is 1.21. The number of benzene rings is 1. The van der Waals surface area contributed by atoms with E-state index >= 15 is 0 Å². The molecule has 0 unspecified atom stereocenters. The van der Waals surface area contributed by atoms with Crippen molar-refractivity contribution in [1.82, 2.24) is 24.6 Å². The Morgan fingerprint density at radius 2 is 1.83 bits per heavy atom. The van der Waals surface area contributed by atoms with E-state index in [9.17, 15) is 17.2 Å². The van der Waals surface area contributed by atoms with Gasteiger partial charge in [-0.05, 0) is 28.1 Å². The van der Waals surface area contributed by atoms with Gasteiger partial charge in [-0.1, -0.05) is 0 Å². The molecule has 0 atom stereocenters. The van der Waals surface area contributed by atoms with E-state index < -0.39 is 26.6 Å². The highest BCUT2D eigenvalue weighted by atomic mass is 79.9. The van der Waals surface area contributed by atoms with Gasteiger partial charge in [0.15, 0.2) is 5.82 Å². The fourth-order valence-corrected chi connectivity index (χ4v) is 2.80. The SMILES string of the molecule is CS(=O)(=O)c1nc(N)n2nc(-c3c(F)ccc(F)c3Br)nc2n1. The fourth-order valence-electron chi connectivity index (χ4n) is 1.79. The van der Waals surface area contributed by atoms with Crippen molar-refractivity contribution in [2.45, 2.75) is 5.16 Å². The third-order valence-corrected chi connectivity index (χ3v) is 4.43. The van der Waals surface area contributed by atoms with Gasteiger partial charge < -0.3 is 5.73 Å². The second-order valence-corrected chi connectivity index (χ2v) is 7.20. The molecule has 120 valence electrons. The van der Waals surface area contributed by atoms with Crippen LogP contribution in [0, 0.1) is 11.6 Å². The topological polar surface area (TPSA) is 116 Å². The van der Waals surface area contributed by atoms with Crippen LogP contribution in [-0.2, 0) is 9.84 Å². The molecule has 3 aromatic rings. The largest absolute Gasteiger partial charge is 0.368 e. The minimum absolute atomic E-state index is 0.178. The summed E-state index contributed by atoms with van der Waals surface area (Å²) in [5, 5.41) is 3.35.